The van der Waals surface area contributed by atoms with Crippen molar-refractivity contribution < 1.29 is 13.5 Å². The number of ether oxygens (including phenoxy) is 1. The Hall–Kier alpha value is -1.16. The average molecular weight is 227 g/mol. The van der Waals surface area contributed by atoms with Crippen LogP contribution in [0.15, 0.2) is 18.2 Å². The van der Waals surface area contributed by atoms with Crippen molar-refractivity contribution in [2.24, 2.45) is 5.73 Å². The van der Waals surface area contributed by atoms with Gasteiger partial charge in [-0.25, -0.2) is 8.78 Å². The van der Waals surface area contributed by atoms with E-state index in [1.807, 2.05) is 0 Å². The van der Waals surface area contributed by atoms with E-state index in [-0.39, 0.29) is 5.56 Å². The number of rotatable bonds is 3. The molecule has 0 aliphatic heterocycles. The van der Waals surface area contributed by atoms with E-state index in [4.69, 9.17) is 10.5 Å². The number of methoxy groups -OCH3 is 1. The summed E-state index contributed by atoms with van der Waals surface area (Å²) in [6, 6.07) is 4.43. The van der Waals surface area contributed by atoms with E-state index in [0.29, 0.717) is 11.3 Å². The van der Waals surface area contributed by atoms with Crippen molar-refractivity contribution in [2.45, 2.75) is 31.2 Å². The van der Waals surface area contributed by atoms with Gasteiger partial charge in [0.05, 0.1) is 7.11 Å². The Kier molecular flexibility index (Phi) is 2.84. The van der Waals surface area contributed by atoms with Crippen molar-refractivity contribution >= 4 is 0 Å². The Labute approximate surface area is 93.4 Å². The molecule has 0 saturated heterocycles. The van der Waals surface area contributed by atoms with Crippen molar-refractivity contribution in [3.63, 3.8) is 0 Å². The summed E-state index contributed by atoms with van der Waals surface area (Å²) in [6.45, 7) is 0. The van der Waals surface area contributed by atoms with E-state index < -0.39 is 12.0 Å². The van der Waals surface area contributed by atoms with Gasteiger partial charge >= 0.3 is 0 Å². The minimum atomic E-state index is -2.46. The summed E-state index contributed by atoms with van der Waals surface area (Å²) >= 11 is 0. The number of nitrogens with two attached hydrogens (primary N) is 1. The molecular formula is C12H15F2NO. The van der Waals surface area contributed by atoms with Gasteiger partial charge in [-0.15, -0.1) is 0 Å². The molecule has 2 rings (SSSR count). The number of benzene rings is 1. The van der Waals surface area contributed by atoms with Crippen molar-refractivity contribution in [2.75, 3.05) is 7.11 Å². The summed E-state index contributed by atoms with van der Waals surface area (Å²) in [6.07, 6.45) is 0.235. The minimum absolute atomic E-state index is 0.00697. The first kappa shape index (κ1) is 11.3. The lowest BCUT2D eigenvalue weighted by Gasteiger charge is -2.39. The minimum Gasteiger partial charge on any atom is -0.496 e. The van der Waals surface area contributed by atoms with E-state index in [9.17, 15) is 8.78 Å². The van der Waals surface area contributed by atoms with Gasteiger partial charge in [0.1, 0.15) is 5.75 Å². The molecule has 1 aromatic rings. The molecule has 2 nitrogen and oxygen atoms in total. The summed E-state index contributed by atoms with van der Waals surface area (Å²) in [5, 5.41) is 0. The highest BCUT2D eigenvalue weighted by Crippen LogP contribution is 2.43. The quantitative estimate of drug-likeness (QED) is 0.861. The smallest absolute Gasteiger partial charge is 0.263 e. The van der Waals surface area contributed by atoms with Gasteiger partial charge in [-0.2, -0.15) is 0 Å². The summed E-state index contributed by atoms with van der Waals surface area (Å²) in [4.78, 5) is 0. The molecule has 0 aromatic heterocycles. The molecule has 0 radical (unpaired) electrons. The SMILES string of the molecule is COc1ccc(C(F)F)cc1C1(N)CCC1. The lowest BCUT2D eigenvalue weighted by molar-refractivity contribution is 0.150. The molecule has 1 aromatic carbocycles. The molecule has 4 heteroatoms. The van der Waals surface area contributed by atoms with E-state index in [1.54, 1.807) is 6.07 Å². The van der Waals surface area contributed by atoms with Gasteiger partial charge in [0.15, 0.2) is 0 Å². The Morgan fingerprint density at radius 2 is 2.06 bits per heavy atom. The Bertz CT molecular complexity index is 389. The molecule has 1 aliphatic rings. The van der Waals surface area contributed by atoms with E-state index in [2.05, 4.69) is 0 Å². The molecule has 0 spiro atoms. The summed E-state index contributed by atoms with van der Waals surface area (Å²) in [5.41, 5.74) is 6.38. The molecule has 88 valence electrons. The van der Waals surface area contributed by atoms with Crippen LogP contribution < -0.4 is 10.5 Å². The van der Waals surface area contributed by atoms with Gasteiger partial charge in [-0.1, -0.05) is 0 Å². The summed E-state index contributed by atoms with van der Waals surface area (Å²) in [5.74, 6) is 0.603. The highest BCUT2D eigenvalue weighted by Gasteiger charge is 2.37. The maximum absolute atomic E-state index is 12.6. The third-order valence-electron chi connectivity index (χ3n) is 3.26. The topological polar surface area (TPSA) is 35.2 Å². The molecule has 0 unspecified atom stereocenters. The third-order valence-corrected chi connectivity index (χ3v) is 3.26. The monoisotopic (exact) mass is 227 g/mol. The number of hydrogen-bond donors (Lipinski definition) is 1. The molecule has 16 heavy (non-hydrogen) atoms. The van der Waals surface area contributed by atoms with E-state index in [1.165, 1.54) is 19.2 Å². The predicted molar refractivity (Wildman–Crippen MR) is 57.7 cm³/mol. The summed E-state index contributed by atoms with van der Waals surface area (Å²) < 4.78 is 30.4. The van der Waals surface area contributed by atoms with Gasteiger partial charge in [0.2, 0.25) is 0 Å². The van der Waals surface area contributed by atoms with Crippen LogP contribution in [-0.4, -0.2) is 7.11 Å². The van der Waals surface area contributed by atoms with Crippen LogP contribution >= 0.6 is 0 Å². The third kappa shape index (κ3) is 1.78. The van der Waals surface area contributed by atoms with Crippen LogP contribution in [0, 0.1) is 0 Å². The highest BCUT2D eigenvalue weighted by atomic mass is 19.3. The van der Waals surface area contributed by atoms with Crippen LogP contribution in [0.5, 0.6) is 5.75 Å². The van der Waals surface area contributed by atoms with Crippen molar-refractivity contribution in [3.05, 3.63) is 29.3 Å². The van der Waals surface area contributed by atoms with Gasteiger partial charge < -0.3 is 10.5 Å². The maximum Gasteiger partial charge on any atom is 0.263 e. The maximum atomic E-state index is 12.6. The van der Waals surface area contributed by atoms with E-state index >= 15 is 0 Å². The molecule has 2 N–H and O–H groups in total. The van der Waals surface area contributed by atoms with Crippen LogP contribution in [0.1, 0.15) is 36.8 Å². The zero-order valence-electron chi connectivity index (χ0n) is 9.17. The molecule has 1 aliphatic carbocycles. The van der Waals surface area contributed by atoms with Crippen LogP contribution in [0.2, 0.25) is 0 Å². The normalized spacial score (nSPS) is 18.3. The van der Waals surface area contributed by atoms with Crippen LogP contribution in [0.25, 0.3) is 0 Å². The van der Waals surface area contributed by atoms with Crippen molar-refractivity contribution in [1.29, 1.82) is 0 Å². The number of alkyl halides is 2. The van der Waals surface area contributed by atoms with Crippen molar-refractivity contribution in [3.8, 4) is 5.75 Å². The van der Waals surface area contributed by atoms with Gasteiger partial charge in [0, 0.05) is 16.7 Å². The summed E-state index contributed by atoms with van der Waals surface area (Å²) in [7, 11) is 1.53. The molecule has 1 fully saturated rings. The van der Waals surface area contributed by atoms with Crippen LogP contribution in [0.4, 0.5) is 8.78 Å². The average Bonchev–Trinajstić information content (AvgIpc) is 2.25. The zero-order valence-corrected chi connectivity index (χ0v) is 9.17. The van der Waals surface area contributed by atoms with Crippen LogP contribution in [0.3, 0.4) is 0 Å². The Morgan fingerprint density at radius 3 is 2.50 bits per heavy atom. The molecule has 0 heterocycles. The first-order valence-corrected chi connectivity index (χ1v) is 5.32. The fraction of sp³-hybridized carbons (Fsp3) is 0.500. The standard InChI is InChI=1S/C12H15F2NO/c1-16-10-4-3-8(11(13)14)7-9(10)12(15)5-2-6-12/h3-4,7,11H,2,5-6,15H2,1H3. The molecule has 0 bridgehead atoms. The molecule has 0 atom stereocenters. The first-order chi connectivity index (χ1) is 7.57. The molecule has 0 amide bonds. The second-order valence-corrected chi connectivity index (χ2v) is 4.27. The Balaban J connectivity index is 2.43. The van der Waals surface area contributed by atoms with Crippen molar-refractivity contribution in [1.82, 2.24) is 0 Å². The molecule has 1 saturated carbocycles. The van der Waals surface area contributed by atoms with Crippen LogP contribution in [-0.2, 0) is 5.54 Å². The number of halogens is 2. The largest absolute Gasteiger partial charge is 0.496 e. The first-order valence-electron chi connectivity index (χ1n) is 5.32. The van der Waals surface area contributed by atoms with E-state index in [0.717, 1.165) is 19.3 Å². The second-order valence-electron chi connectivity index (χ2n) is 4.27. The zero-order chi connectivity index (χ0) is 11.8. The highest BCUT2D eigenvalue weighted by molar-refractivity contribution is 5.43. The number of hydrogen-bond acceptors (Lipinski definition) is 2. The van der Waals surface area contributed by atoms with Gasteiger partial charge in [-0.3, -0.25) is 0 Å². The Morgan fingerprint density at radius 1 is 1.38 bits per heavy atom. The lowest BCUT2D eigenvalue weighted by atomic mass is 9.72. The fourth-order valence-electron chi connectivity index (χ4n) is 2.08. The lowest BCUT2D eigenvalue weighted by Crippen LogP contribution is -2.43. The predicted octanol–water partition coefficient (Wildman–Crippen LogP) is 2.97. The van der Waals surface area contributed by atoms with Gasteiger partial charge in [0.25, 0.3) is 6.43 Å². The fourth-order valence-corrected chi connectivity index (χ4v) is 2.08. The second kappa shape index (κ2) is 4.01. The van der Waals surface area contributed by atoms with Gasteiger partial charge in [-0.05, 0) is 37.5 Å². The molecular weight excluding hydrogens is 212 g/mol.